The van der Waals surface area contributed by atoms with Crippen molar-refractivity contribution in [2.75, 3.05) is 40.3 Å². The fourth-order valence-corrected chi connectivity index (χ4v) is 3.97. The molecule has 2 aromatic rings. The number of para-hydroxylation sites is 1. The molecule has 1 unspecified atom stereocenters. The van der Waals surface area contributed by atoms with Crippen LogP contribution in [-0.2, 0) is 11.3 Å². The molecule has 2 N–H and O–H groups in total. The Morgan fingerprint density at radius 2 is 1.73 bits per heavy atom. The molecule has 0 spiro atoms. The number of hydrazine groups is 1. The van der Waals surface area contributed by atoms with Crippen LogP contribution in [0.5, 0.6) is 5.75 Å². The topological polar surface area (TPSA) is 94.2 Å². The van der Waals surface area contributed by atoms with Gasteiger partial charge in [-0.1, -0.05) is 24.3 Å². The fraction of sp³-hybridized carbons (Fsp3) is 0.400. The van der Waals surface area contributed by atoms with E-state index in [0.717, 1.165) is 11.6 Å². The Hall–Kier alpha value is -3.80. The lowest BCUT2D eigenvalue weighted by molar-refractivity contribution is -0.132. The molecule has 1 fully saturated rings. The van der Waals surface area contributed by atoms with E-state index >= 15 is 4.39 Å². The minimum atomic E-state index is -3.31. The van der Waals surface area contributed by atoms with Gasteiger partial charge >= 0.3 is 18.4 Å². The standard InChI is InChI=1S/C25H30F3N5O4/c1-16(19-6-4-5-7-21(19)37-3)33(25(36)32-12-10-31(2)11-13-32)15-18-9-8-17(14-20(18)26)23(34)29-30-24(35)22(27)28/h4-9,14,16,22H,10-13,15H2,1-3H3,(H,29,34)(H,30,35). The average molecular weight is 522 g/mol. The molecular formula is C25H30F3N5O4. The number of nitrogens with zero attached hydrogens (tertiary/aromatic N) is 3. The highest BCUT2D eigenvalue weighted by molar-refractivity contribution is 5.95. The molecule has 37 heavy (non-hydrogen) atoms. The van der Waals surface area contributed by atoms with Crippen molar-refractivity contribution in [3.63, 3.8) is 0 Å². The van der Waals surface area contributed by atoms with Gasteiger partial charge in [-0.25, -0.2) is 9.18 Å². The monoisotopic (exact) mass is 521 g/mol. The third kappa shape index (κ3) is 6.91. The zero-order valence-corrected chi connectivity index (χ0v) is 20.8. The van der Waals surface area contributed by atoms with Gasteiger partial charge in [-0.3, -0.25) is 20.4 Å². The van der Waals surface area contributed by atoms with Crippen LogP contribution in [0, 0.1) is 5.82 Å². The molecule has 0 aromatic heterocycles. The Bertz CT molecular complexity index is 1130. The summed E-state index contributed by atoms with van der Waals surface area (Å²) in [7, 11) is 3.51. The first-order valence-corrected chi connectivity index (χ1v) is 11.7. The first-order chi connectivity index (χ1) is 17.6. The molecule has 0 radical (unpaired) electrons. The van der Waals surface area contributed by atoms with Crippen molar-refractivity contribution in [1.29, 1.82) is 0 Å². The molecule has 3 rings (SSSR count). The average Bonchev–Trinajstić information content (AvgIpc) is 2.90. The number of rotatable bonds is 7. The second kappa shape index (κ2) is 12.4. The number of hydrogen-bond donors (Lipinski definition) is 2. The maximum Gasteiger partial charge on any atom is 0.320 e. The summed E-state index contributed by atoms with van der Waals surface area (Å²) in [6, 6.07) is 10.1. The predicted octanol–water partition coefficient (Wildman–Crippen LogP) is 2.79. The van der Waals surface area contributed by atoms with Gasteiger partial charge < -0.3 is 19.4 Å². The van der Waals surface area contributed by atoms with Crippen molar-refractivity contribution in [3.05, 3.63) is 65.0 Å². The summed E-state index contributed by atoms with van der Waals surface area (Å²) in [6.45, 7) is 4.20. The molecule has 1 saturated heterocycles. The van der Waals surface area contributed by atoms with Gasteiger partial charge in [0.1, 0.15) is 11.6 Å². The normalized spacial score (nSPS) is 14.7. The van der Waals surface area contributed by atoms with Crippen LogP contribution in [-0.4, -0.2) is 79.3 Å². The van der Waals surface area contributed by atoms with Crippen LogP contribution in [0.25, 0.3) is 0 Å². The summed E-state index contributed by atoms with van der Waals surface area (Å²) in [5.74, 6) is -2.83. The molecular weight excluding hydrogens is 491 g/mol. The van der Waals surface area contributed by atoms with Gasteiger partial charge in [0.05, 0.1) is 19.7 Å². The number of likely N-dealkylation sites (N-methyl/N-ethyl adjacent to an activating group) is 1. The molecule has 1 atom stereocenters. The van der Waals surface area contributed by atoms with Crippen molar-refractivity contribution < 1.29 is 32.3 Å². The number of methoxy groups -OCH3 is 1. The Kier molecular flexibility index (Phi) is 9.34. The largest absolute Gasteiger partial charge is 0.496 e. The summed E-state index contributed by atoms with van der Waals surface area (Å²) in [5.41, 5.74) is 4.08. The summed E-state index contributed by atoms with van der Waals surface area (Å²) in [5, 5.41) is 0. The van der Waals surface area contributed by atoms with Gasteiger partial charge in [-0.05, 0) is 32.2 Å². The van der Waals surface area contributed by atoms with Gasteiger partial charge in [0, 0.05) is 42.9 Å². The van der Waals surface area contributed by atoms with E-state index in [-0.39, 0.29) is 23.7 Å². The predicted molar refractivity (Wildman–Crippen MR) is 129 cm³/mol. The highest BCUT2D eigenvalue weighted by atomic mass is 19.3. The summed E-state index contributed by atoms with van der Waals surface area (Å²) in [6.07, 6.45) is -3.31. The number of piperazine rings is 1. The van der Waals surface area contributed by atoms with Gasteiger partial charge in [0.25, 0.3) is 5.91 Å². The third-order valence-electron chi connectivity index (χ3n) is 6.23. The third-order valence-corrected chi connectivity index (χ3v) is 6.23. The summed E-state index contributed by atoms with van der Waals surface area (Å²) >= 11 is 0. The minimum absolute atomic E-state index is 0.0970. The Morgan fingerprint density at radius 3 is 2.35 bits per heavy atom. The van der Waals surface area contributed by atoms with E-state index < -0.39 is 30.1 Å². The van der Waals surface area contributed by atoms with Crippen LogP contribution in [0.4, 0.5) is 18.0 Å². The number of benzene rings is 2. The molecule has 1 aliphatic heterocycles. The van der Waals surface area contributed by atoms with Gasteiger partial charge in [-0.2, -0.15) is 8.78 Å². The zero-order valence-electron chi connectivity index (χ0n) is 20.8. The number of ether oxygens (including phenoxy) is 1. The molecule has 1 heterocycles. The SMILES string of the molecule is COc1ccccc1C(C)N(Cc1ccc(C(=O)NNC(=O)C(F)F)cc1F)C(=O)N1CCN(C)CC1. The lowest BCUT2D eigenvalue weighted by Crippen LogP contribution is -2.52. The lowest BCUT2D eigenvalue weighted by atomic mass is 10.0. The van der Waals surface area contributed by atoms with Gasteiger partial charge in [0.15, 0.2) is 0 Å². The second-order valence-electron chi connectivity index (χ2n) is 8.67. The molecule has 0 aliphatic carbocycles. The van der Waals surface area contributed by atoms with Crippen molar-refractivity contribution in [2.45, 2.75) is 25.9 Å². The van der Waals surface area contributed by atoms with E-state index in [9.17, 15) is 23.2 Å². The minimum Gasteiger partial charge on any atom is -0.496 e. The van der Waals surface area contributed by atoms with E-state index in [0.29, 0.717) is 31.9 Å². The molecule has 200 valence electrons. The number of hydrogen-bond acceptors (Lipinski definition) is 5. The van der Waals surface area contributed by atoms with Gasteiger partial charge in [0.2, 0.25) is 0 Å². The first-order valence-electron chi connectivity index (χ1n) is 11.7. The number of carbonyl (C=O) groups is 3. The summed E-state index contributed by atoms with van der Waals surface area (Å²) < 4.78 is 45.2. The summed E-state index contributed by atoms with van der Waals surface area (Å²) in [4.78, 5) is 42.1. The van der Waals surface area contributed by atoms with E-state index in [4.69, 9.17) is 4.74 Å². The van der Waals surface area contributed by atoms with Crippen LogP contribution >= 0.6 is 0 Å². The Balaban J connectivity index is 1.85. The van der Waals surface area contributed by atoms with Crippen molar-refractivity contribution in [2.24, 2.45) is 0 Å². The Labute approximate surface area is 213 Å². The molecule has 12 heteroatoms. The highest BCUT2D eigenvalue weighted by Gasteiger charge is 2.30. The van der Waals surface area contributed by atoms with Crippen LogP contribution in [0.2, 0.25) is 0 Å². The number of alkyl halides is 2. The maximum atomic E-state index is 15.1. The molecule has 2 aromatic carbocycles. The highest BCUT2D eigenvalue weighted by Crippen LogP contribution is 2.31. The molecule has 0 bridgehead atoms. The van der Waals surface area contributed by atoms with Crippen molar-refractivity contribution >= 4 is 17.8 Å². The molecule has 4 amide bonds. The quantitative estimate of drug-likeness (QED) is 0.547. The number of carbonyl (C=O) groups excluding carboxylic acids is 3. The molecule has 0 saturated carbocycles. The van der Waals surface area contributed by atoms with E-state index in [1.807, 2.05) is 37.6 Å². The number of halogens is 3. The van der Waals surface area contributed by atoms with Crippen LogP contribution in [0.15, 0.2) is 42.5 Å². The maximum absolute atomic E-state index is 15.1. The fourth-order valence-electron chi connectivity index (χ4n) is 3.97. The first kappa shape index (κ1) is 27.8. The number of nitrogens with one attached hydrogen (secondary N) is 2. The molecule has 1 aliphatic rings. The Morgan fingerprint density at radius 1 is 1.05 bits per heavy atom. The van der Waals surface area contributed by atoms with E-state index in [1.165, 1.54) is 19.2 Å². The number of urea groups is 1. The van der Waals surface area contributed by atoms with E-state index in [2.05, 4.69) is 4.90 Å². The van der Waals surface area contributed by atoms with Crippen LogP contribution in [0.3, 0.4) is 0 Å². The van der Waals surface area contributed by atoms with Crippen LogP contribution < -0.4 is 15.6 Å². The van der Waals surface area contributed by atoms with Crippen LogP contribution in [0.1, 0.15) is 34.5 Å². The van der Waals surface area contributed by atoms with Crippen molar-refractivity contribution in [3.8, 4) is 5.75 Å². The number of amides is 4. The smallest absolute Gasteiger partial charge is 0.320 e. The molecule has 9 nitrogen and oxygen atoms in total. The zero-order chi connectivity index (χ0) is 27.1. The lowest BCUT2D eigenvalue weighted by Gasteiger charge is -2.39. The van der Waals surface area contributed by atoms with Crippen molar-refractivity contribution in [1.82, 2.24) is 25.6 Å². The van der Waals surface area contributed by atoms with Gasteiger partial charge in [-0.15, -0.1) is 0 Å². The second-order valence-corrected chi connectivity index (χ2v) is 8.67. The van der Waals surface area contributed by atoms with E-state index in [1.54, 1.807) is 21.3 Å².